The normalized spacial score (nSPS) is 11.8. The summed E-state index contributed by atoms with van der Waals surface area (Å²) >= 11 is 0. The molecule has 14 nitrogen and oxygen atoms in total. The standard InChI is InChI=1S/C25H30N2O12/c1-16(38-20-7-3-18(4-8-20)26-24(32)36-12-11-28)22(30)34-13-14-35-23(31)17(2)39-21-9-5-19(6-10-21)27-25(33)37-15-29/h3-10,16-17,28-29H,11-15H2,1-2H3,(H,26,32)(H,27,33). The minimum Gasteiger partial charge on any atom is -0.479 e. The number of aliphatic hydroxyl groups is 2. The molecule has 0 saturated carbocycles. The molecule has 0 saturated heterocycles. The lowest BCUT2D eigenvalue weighted by Crippen LogP contribution is -2.30. The van der Waals surface area contributed by atoms with Crippen molar-refractivity contribution in [2.24, 2.45) is 0 Å². The highest BCUT2D eigenvalue weighted by Gasteiger charge is 2.19. The molecule has 2 amide bonds. The molecule has 4 N–H and O–H groups in total. The Bertz CT molecular complexity index is 1080. The van der Waals surface area contributed by atoms with E-state index in [9.17, 15) is 19.2 Å². The Hall–Kier alpha value is -4.56. The molecule has 39 heavy (non-hydrogen) atoms. The molecule has 0 aliphatic rings. The van der Waals surface area contributed by atoms with Crippen LogP contribution in [0.25, 0.3) is 0 Å². The van der Waals surface area contributed by atoms with Gasteiger partial charge in [0.2, 0.25) is 0 Å². The van der Waals surface area contributed by atoms with Gasteiger partial charge in [-0.3, -0.25) is 10.6 Å². The Balaban J connectivity index is 1.67. The molecule has 0 bridgehead atoms. The van der Waals surface area contributed by atoms with E-state index in [0.29, 0.717) is 22.9 Å². The van der Waals surface area contributed by atoms with Crippen LogP contribution in [-0.2, 0) is 28.5 Å². The van der Waals surface area contributed by atoms with Gasteiger partial charge in [0.1, 0.15) is 31.3 Å². The Morgan fingerprint density at radius 3 is 1.44 bits per heavy atom. The van der Waals surface area contributed by atoms with E-state index in [4.69, 9.17) is 33.9 Å². The molecule has 0 aliphatic heterocycles. The van der Waals surface area contributed by atoms with E-state index < -0.39 is 43.1 Å². The molecule has 2 rings (SSSR count). The predicted molar refractivity (Wildman–Crippen MR) is 134 cm³/mol. The maximum atomic E-state index is 12.2. The van der Waals surface area contributed by atoms with Gasteiger partial charge in [-0.2, -0.15) is 0 Å². The fourth-order valence-corrected chi connectivity index (χ4v) is 2.76. The van der Waals surface area contributed by atoms with Gasteiger partial charge in [-0.25, -0.2) is 19.2 Å². The molecule has 2 atom stereocenters. The first-order valence-electron chi connectivity index (χ1n) is 11.7. The van der Waals surface area contributed by atoms with Gasteiger partial charge in [0.25, 0.3) is 0 Å². The van der Waals surface area contributed by atoms with Crippen LogP contribution in [0.5, 0.6) is 11.5 Å². The van der Waals surface area contributed by atoms with Crippen molar-refractivity contribution < 1.29 is 57.8 Å². The smallest absolute Gasteiger partial charge is 0.413 e. The molecule has 2 aromatic carbocycles. The lowest BCUT2D eigenvalue weighted by atomic mass is 10.3. The number of nitrogens with one attached hydrogen (secondary N) is 2. The van der Waals surface area contributed by atoms with Gasteiger partial charge in [0.15, 0.2) is 19.0 Å². The quantitative estimate of drug-likeness (QED) is 0.116. The van der Waals surface area contributed by atoms with Gasteiger partial charge in [-0.1, -0.05) is 0 Å². The summed E-state index contributed by atoms with van der Waals surface area (Å²) in [6.45, 7) is 1.41. The zero-order valence-corrected chi connectivity index (χ0v) is 21.3. The highest BCUT2D eigenvalue weighted by molar-refractivity contribution is 5.85. The van der Waals surface area contributed by atoms with Crippen molar-refractivity contribution >= 4 is 35.5 Å². The Morgan fingerprint density at radius 2 is 1.05 bits per heavy atom. The van der Waals surface area contributed by atoms with E-state index in [1.54, 1.807) is 0 Å². The maximum absolute atomic E-state index is 12.2. The van der Waals surface area contributed by atoms with Gasteiger partial charge in [0.05, 0.1) is 6.61 Å². The molecule has 212 valence electrons. The average molecular weight is 551 g/mol. The van der Waals surface area contributed by atoms with Crippen LogP contribution in [0.3, 0.4) is 0 Å². The zero-order valence-electron chi connectivity index (χ0n) is 21.3. The summed E-state index contributed by atoms with van der Waals surface area (Å²) in [5.74, 6) is -0.678. The molecular formula is C25H30N2O12. The second kappa shape index (κ2) is 16.3. The fraction of sp³-hybridized carbons (Fsp3) is 0.360. The Morgan fingerprint density at radius 1 is 0.641 bits per heavy atom. The number of amides is 2. The molecule has 2 unspecified atom stereocenters. The van der Waals surface area contributed by atoms with Crippen LogP contribution in [0.2, 0.25) is 0 Å². The number of carbonyl (C=O) groups is 4. The lowest BCUT2D eigenvalue weighted by Gasteiger charge is -2.16. The SMILES string of the molecule is CC(Oc1ccc(NC(=O)OCO)cc1)C(=O)OCCOC(=O)C(C)Oc1ccc(NC(=O)OCCO)cc1. The Labute approximate surface area is 223 Å². The topological polar surface area (TPSA) is 188 Å². The van der Waals surface area contributed by atoms with Crippen LogP contribution in [0, 0.1) is 0 Å². The van der Waals surface area contributed by atoms with Gasteiger partial charge in [0, 0.05) is 11.4 Å². The average Bonchev–Trinajstić information content (AvgIpc) is 2.91. The van der Waals surface area contributed by atoms with Crippen molar-refractivity contribution in [2.75, 3.05) is 43.9 Å². The van der Waals surface area contributed by atoms with Crippen molar-refractivity contribution in [3.63, 3.8) is 0 Å². The molecule has 0 fully saturated rings. The molecule has 0 heterocycles. The first kappa shape index (κ1) is 30.7. The number of anilines is 2. The summed E-state index contributed by atoms with van der Waals surface area (Å²) in [5, 5.41) is 22.0. The van der Waals surface area contributed by atoms with Crippen molar-refractivity contribution in [1.29, 1.82) is 0 Å². The minimum absolute atomic E-state index is 0.124. The van der Waals surface area contributed by atoms with E-state index in [1.807, 2.05) is 0 Å². The van der Waals surface area contributed by atoms with E-state index >= 15 is 0 Å². The van der Waals surface area contributed by atoms with Crippen LogP contribution in [0.4, 0.5) is 21.0 Å². The second-order valence-electron chi connectivity index (χ2n) is 7.57. The zero-order chi connectivity index (χ0) is 28.6. The number of hydrogen-bond acceptors (Lipinski definition) is 12. The third-order valence-electron chi connectivity index (χ3n) is 4.58. The van der Waals surface area contributed by atoms with Crippen LogP contribution >= 0.6 is 0 Å². The highest BCUT2D eigenvalue weighted by atomic mass is 16.6. The third kappa shape index (κ3) is 11.6. The number of benzene rings is 2. The van der Waals surface area contributed by atoms with E-state index in [-0.39, 0.29) is 26.4 Å². The summed E-state index contributed by atoms with van der Waals surface area (Å²) in [7, 11) is 0. The van der Waals surface area contributed by atoms with E-state index in [1.165, 1.54) is 62.4 Å². The van der Waals surface area contributed by atoms with Crippen molar-refractivity contribution in [3.8, 4) is 11.5 Å². The molecule has 0 spiro atoms. The molecule has 0 aliphatic carbocycles. The summed E-state index contributed by atoms with van der Waals surface area (Å²) < 4.78 is 30.2. The molecule has 0 radical (unpaired) electrons. The second-order valence-corrected chi connectivity index (χ2v) is 7.57. The fourth-order valence-electron chi connectivity index (χ4n) is 2.76. The van der Waals surface area contributed by atoms with Crippen molar-refractivity contribution in [2.45, 2.75) is 26.1 Å². The molecular weight excluding hydrogens is 520 g/mol. The van der Waals surface area contributed by atoms with Crippen LogP contribution in [0.15, 0.2) is 48.5 Å². The largest absolute Gasteiger partial charge is 0.479 e. The van der Waals surface area contributed by atoms with Crippen LogP contribution in [-0.4, -0.2) is 79.8 Å². The van der Waals surface area contributed by atoms with E-state index in [2.05, 4.69) is 15.4 Å². The first-order valence-corrected chi connectivity index (χ1v) is 11.7. The van der Waals surface area contributed by atoms with Crippen molar-refractivity contribution in [3.05, 3.63) is 48.5 Å². The maximum Gasteiger partial charge on any atom is 0.413 e. The van der Waals surface area contributed by atoms with Gasteiger partial charge in [-0.05, 0) is 62.4 Å². The predicted octanol–water partition coefficient (Wildman–Crippen LogP) is 2.05. The van der Waals surface area contributed by atoms with Crippen LogP contribution in [0.1, 0.15) is 13.8 Å². The summed E-state index contributed by atoms with van der Waals surface area (Å²) in [4.78, 5) is 47.0. The number of aliphatic hydroxyl groups excluding tert-OH is 2. The van der Waals surface area contributed by atoms with Crippen molar-refractivity contribution in [1.82, 2.24) is 0 Å². The van der Waals surface area contributed by atoms with E-state index in [0.717, 1.165) is 0 Å². The third-order valence-corrected chi connectivity index (χ3v) is 4.58. The molecule has 0 aromatic heterocycles. The number of esters is 2. The number of carbonyl (C=O) groups excluding carboxylic acids is 4. The highest BCUT2D eigenvalue weighted by Crippen LogP contribution is 2.19. The summed E-state index contributed by atoms with van der Waals surface area (Å²) in [6.07, 6.45) is -3.47. The number of hydrogen-bond donors (Lipinski definition) is 4. The molecule has 2 aromatic rings. The first-order chi connectivity index (χ1) is 18.7. The van der Waals surface area contributed by atoms with Crippen LogP contribution < -0.4 is 20.1 Å². The van der Waals surface area contributed by atoms with Gasteiger partial charge in [-0.15, -0.1) is 0 Å². The minimum atomic E-state index is -0.963. The molecule has 14 heteroatoms. The van der Waals surface area contributed by atoms with Gasteiger partial charge >= 0.3 is 24.1 Å². The lowest BCUT2D eigenvalue weighted by molar-refractivity contribution is -0.159. The number of ether oxygens (including phenoxy) is 6. The summed E-state index contributed by atoms with van der Waals surface area (Å²) in [6, 6.07) is 12.2. The monoisotopic (exact) mass is 550 g/mol. The Kier molecular flexibility index (Phi) is 12.8. The summed E-state index contributed by atoms with van der Waals surface area (Å²) in [5.41, 5.74) is 0.817. The number of rotatable bonds is 14. The van der Waals surface area contributed by atoms with Gasteiger partial charge < -0.3 is 38.6 Å².